The molecule has 1 atom stereocenters. The molecule has 0 aliphatic carbocycles. The summed E-state index contributed by atoms with van der Waals surface area (Å²) in [6, 6.07) is 15.1. The number of ketones is 1. The van der Waals surface area contributed by atoms with Crippen LogP contribution in [0.15, 0.2) is 65.1 Å². The molecule has 0 unspecified atom stereocenters. The molecule has 0 fully saturated rings. The summed E-state index contributed by atoms with van der Waals surface area (Å²) in [5.41, 5.74) is 0.903. The summed E-state index contributed by atoms with van der Waals surface area (Å²) in [4.78, 5) is 34.9. The third-order valence-electron chi connectivity index (χ3n) is 4.20. The lowest BCUT2D eigenvalue weighted by Crippen LogP contribution is -2.24. The molecule has 29 heavy (non-hydrogen) atoms. The lowest BCUT2D eigenvalue weighted by molar-refractivity contribution is -0.384. The van der Waals surface area contributed by atoms with Crippen molar-refractivity contribution >= 4 is 17.4 Å². The highest BCUT2D eigenvalue weighted by molar-refractivity contribution is 6.01. The fraction of sp³-hybridized carbons (Fsp3) is 0.143. The first-order valence-electron chi connectivity index (χ1n) is 8.63. The molecule has 148 valence electrons. The summed E-state index contributed by atoms with van der Waals surface area (Å²) in [7, 11) is 1.52. The summed E-state index contributed by atoms with van der Waals surface area (Å²) in [6.07, 6.45) is -1.01. The van der Waals surface area contributed by atoms with Crippen molar-refractivity contribution in [3.8, 4) is 17.1 Å². The van der Waals surface area contributed by atoms with E-state index in [1.807, 2.05) is 0 Å². The number of carbonyl (C=O) groups is 2. The number of benzene rings is 2. The zero-order chi connectivity index (χ0) is 21.0. The lowest BCUT2D eigenvalue weighted by atomic mass is 10.1. The molecular formula is C21H17NO7. The van der Waals surface area contributed by atoms with E-state index in [1.54, 1.807) is 30.3 Å². The predicted octanol–water partition coefficient (Wildman–Crippen LogP) is 4.29. The molecule has 0 aliphatic rings. The van der Waals surface area contributed by atoms with Gasteiger partial charge in [-0.05, 0) is 55.5 Å². The number of rotatable bonds is 7. The van der Waals surface area contributed by atoms with Gasteiger partial charge >= 0.3 is 5.97 Å². The first-order valence-corrected chi connectivity index (χ1v) is 8.63. The minimum Gasteiger partial charge on any atom is -0.497 e. The van der Waals surface area contributed by atoms with Gasteiger partial charge in [0.1, 0.15) is 11.5 Å². The average Bonchev–Trinajstić information content (AvgIpc) is 3.23. The zero-order valence-electron chi connectivity index (χ0n) is 15.7. The van der Waals surface area contributed by atoms with Crippen LogP contribution in [0.4, 0.5) is 5.69 Å². The van der Waals surface area contributed by atoms with E-state index >= 15 is 0 Å². The number of hydrogen-bond acceptors (Lipinski definition) is 7. The molecule has 0 amide bonds. The number of non-ortho nitro benzene ring substituents is 1. The molecule has 0 aliphatic heterocycles. The number of carbonyl (C=O) groups excluding carboxylic acids is 2. The van der Waals surface area contributed by atoms with Crippen LogP contribution in [0.2, 0.25) is 0 Å². The molecule has 1 aromatic heterocycles. The van der Waals surface area contributed by atoms with Gasteiger partial charge in [-0.1, -0.05) is 0 Å². The largest absolute Gasteiger partial charge is 0.497 e. The van der Waals surface area contributed by atoms with E-state index in [-0.39, 0.29) is 17.2 Å². The third kappa shape index (κ3) is 4.49. The molecule has 3 rings (SSSR count). The average molecular weight is 395 g/mol. The fourth-order valence-electron chi connectivity index (χ4n) is 2.61. The molecule has 3 aromatic rings. The van der Waals surface area contributed by atoms with Crippen molar-refractivity contribution in [2.75, 3.05) is 7.11 Å². The van der Waals surface area contributed by atoms with Crippen LogP contribution in [0.1, 0.15) is 27.8 Å². The second kappa shape index (κ2) is 8.39. The number of ether oxygens (including phenoxy) is 2. The number of hydrogen-bond donors (Lipinski definition) is 0. The van der Waals surface area contributed by atoms with Gasteiger partial charge in [0.2, 0.25) is 11.5 Å². The number of nitro groups is 1. The van der Waals surface area contributed by atoms with Crippen molar-refractivity contribution in [3.05, 3.63) is 82.1 Å². The van der Waals surface area contributed by atoms with Crippen LogP contribution in [0, 0.1) is 10.1 Å². The SMILES string of the molecule is COc1ccc(C(=O)[C@@H](C)OC(=O)c2ccc(-c3ccc([N+](=O)[O-])cc3)o2)cc1. The van der Waals surface area contributed by atoms with Gasteiger partial charge in [-0.15, -0.1) is 0 Å². The van der Waals surface area contributed by atoms with Gasteiger partial charge in [-0.3, -0.25) is 14.9 Å². The Labute approximate surface area is 165 Å². The molecule has 8 heteroatoms. The fourth-order valence-corrected chi connectivity index (χ4v) is 2.61. The number of esters is 1. The van der Waals surface area contributed by atoms with Crippen LogP contribution in [0.5, 0.6) is 5.75 Å². The molecule has 1 heterocycles. The van der Waals surface area contributed by atoms with Crippen LogP contribution < -0.4 is 4.74 Å². The minimum absolute atomic E-state index is 0.0502. The van der Waals surface area contributed by atoms with E-state index in [0.29, 0.717) is 22.6 Å². The van der Waals surface area contributed by atoms with Crippen molar-refractivity contribution in [2.24, 2.45) is 0 Å². The predicted molar refractivity (Wildman–Crippen MR) is 103 cm³/mol. The van der Waals surface area contributed by atoms with Crippen LogP contribution in [0.25, 0.3) is 11.3 Å². The van der Waals surface area contributed by atoms with Crippen LogP contribution in [0.3, 0.4) is 0 Å². The summed E-state index contributed by atoms with van der Waals surface area (Å²) < 4.78 is 15.7. The molecule has 0 saturated carbocycles. The van der Waals surface area contributed by atoms with Gasteiger partial charge in [-0.2, -0.15) is 0 Å². The maximum Gasteiger partial charge on any atom is 0.374 e. The molecule has 0 radical (unpaired) electrons. The molecule has 0 bridgehead atoms. The van der Waals surface area contributed by atoms with E-state index in [0.717, 1.165) is 0 Å². The normalized spacial score (nSPS) is 11.5. The second-order valence-corrected chi connectivity index (χ2v) is 6.11. The number of nitro benzene ring substituents is 1. The molecule has 2 aromatic carbocycles. The second-order valence-electron chi connectivity index (χ2n) is 6.11. The van der Waals surface area contributed by atoms with Gasteiger partial charge in [0.15, 0.2) is 6.10 Å². The zero-order valence-corrected chi connectivity index (χ0v) is 15.7. The topological polar surface area (TPSA) is 109 Å². The minimum atomic E-state index is -1.01. The van der Waals surface area contributed by atoms with E-state index in [9.17, 15) is 19.7 Å². The highest BCUT2D eigenvalue weighted by Crippen LogP contribution is 2.25. The Hall–Kier alpha value is -3.94. The number of methoxy groups -OCH3 is 1. The van der Waals surface area contributed by atoms with Crippen LogP contribution >= 0.6 is 0 Å². The highest BCUT2D eigenvalue weighted by Gasteiger charge is 2.22. The summed E-state index contributed by atoms with van der Waals surface area (Å²) in [5.74, 6) is -0.259. The first-order chi connectivity index (χ1) is 13.9. The molecule has 0 N–H and O–H groups in total. The van der Waals surface area contributed by atoms with Gasteiger partial charge < -0.3 is 13.9 Å². The first kappa shape index (κ1) is 19.8. The number of nitrogens with zero attached hydrogens (tertiary/aromatic N) is 1. The van der Waals surface area contributed by atoms with Crippen LogP contribution in [-0.2, 0) is 4.74 Å². The highest BCUT2D eigenvalue weighted by atomic mass is 16.6. The van der Waals surface area contributed by atoms with E-state index in [1.165, 1.54) is 44.4 Å². The molecule has 0 saturated heterocycles. The van der Waals surface area contributed by atoms with Gasteiger partial charge in [0.25, 0.3) is 5.69 Å². The lowest BCUT2D eigenvalue weighted by Gasteiger charge is -2.11. The Morgan fingerprint density at radius 2 is 1.66 bits per heavy atom. The van der Waals surface area contributed by atoms with Gasteiger partial charge in [0, 0.05) is 23.3 Å². The van der Waals surface area contributed by atoms with Crippen molar-refractivity contribution in [1.82, 2.24) is 0 Å². The summed E-state index contributed by atoms with van der Waals surface area (Å²) in [6.45, 7) is 1.48. The standard InChI is InChI=1S/C21H17NO7/c1-13(20(23)15-5-9-17(27-2)10-6-15)28-21(24)19-12-11-18(29-19)14-3-7-16(8-4-14)22(25)26/h3-13H,1-2H3/t13-/m1/s1. The Morgan fingerprint density at radius 1 is 1.00 bits per heavy atom. The molecule has 0 spiro atoms. The van der Waals surface area contributed by atoms with E-state index in [4.69, 9.17) is 13.9 Å². The molecular weight excluding hydrogens is 378 g/mol. The van der Waals surface area contributed by atoms with E-state index < -0.39 is 17.0 Å². The third-order valence-corrected chi connectivity index (χ3v) is 4.20. The van der Waals surface area contributed by atoms with Crippen LogP contribution in [-0.4, -0.2) is 29.9 Å². The Morgan fingerprint density at radius 3 is 2.24 bits per heavy atom. The van der Waals surface area contributed by atoms with Crippen molar-refractivity contribution in [1.29, 1.82) is 0 Å². The molecule has 8 nitrogen and oxygen atoms in total. The van der Waals surface area contributed by atoms with Crippen molar-refractivity contribution in [3.63, 3.8) is 0 Å². The maximum atomic E-state index is 12.4. The van der Waals surface area contributed by atoms with Crippen molar-refractivity contribution < 1.29 is 28.4 Å². The number of furan rings is 1. The Kier molecular flexibility index (Phi) is 5.73. The quantitative estimate of drug-likeness (QED) is 0.254. The van der Waals surface area contributed by atoms with Gasteiger partial charge in [0.05, 0.1) is 12.0 Å². The number of Topliss-reactive ketones (excluding diaryl/α,β-unsaturated/α-hetero) is 1. The van der Waals surface area contributed by atoms with E-state index in [2.05, 4.69) is 0 Å². The summed E-state index contributed by atoms with van der Waals surface area (Å²) >= 11 is 0. The Bertz CT molecular complexity index is 1040. The van der Waals surface area contributed by atoms with Gasteiger partial charge in [-0.25, -0.2) is 4.79 Å². The monoisotopic (exact) mass is 395 g/mol. The maximum absolute atomic E-state index is 12.4. The smallest absolute Gasteiger partial charge is 0.374 e. The Balaban J connectivity index is 1.67. The summed E-state index contributed by atoms with van der Waals surface area (Å²) in [5, 5.41) is 10.7. The van der Waals surface area contributed by atoms with Crippen molar-refractivity contribution in [2.45, 2.75) is 13.0 Å².